The average Bonchev–Trinajstić information content (AvgIpc) is 3.00. The molecule has 0 aliphatic carbocycles. The van der Waals surface area contributed by atoms with Crippen LogP contribution >= 0.6 is 23.1 Å². The molecule has 0 spiro atoms. The van der Waals surface area contributed by atoms with E-state index in [0.29, 0.717) is 22.9 Å². The summed E-state index contributed by atoms with van der Waals surface area (Å²) in [5.41, 5.74) is 1.62. The number of thioether (sulfide) groups is 1. The largest absolute Gasteiger partial charge is 0.462 e. The van der Waals surface area contributed by atoms with Crippen molar-refractivity contribution >= 4 is 50.1 Å². The Bertz CT molecular complexity index is 906. The van der Waals surface area contributed by atoms with E-state index in [-0.39, 0.29) is 5.91 Å². The second-order valence-electron chi connectivity index (χ2n) is 5.55. The zero-order valence-electron chi connectivity index (χ0n) is 14.4. The number of ether oxygens (including phenoxy) is 1. The SMILES string of the molecule is CCOC(=O)c1c(NC(=O)CSCc2ccccc2)sc2ccccc12. The van der Waals surface area contributed by atoms with Crippen LogP contribution in [0, 0.1) is 0 Å². The minimum Gasteiger partial charge on any atom is -0.462 e. The maximum atomic E-state index is 12.3. The molecule has 0 saturated carbocycles. The van der Waals surface area contributed by atoms with E-state index >= 15 is 0 Å². The number of esters is 1. The van der Waals surface area contributed by atoms with Gasteiger partial charge in [0.2, 0.25) is 5.91 Å². The van der Waals surface area contributed by atoms with Crippen molar-refractivity contribution in [2.75, 3.05) is 17.7 Å². The summed E-state index contributed by atoms with van der Waals surface area (Å²) in [6.45, 7) is 2.06. The first-order valence-electron chi connectivity index (χ1n) is 8.29. The third-order valence-corrected chi connectivity index (χ3v) is 5.76. The molecule has 0 bridgehead atoms. The van der Waals surface area contributed by atoms with Crippen molar-refractivity contribution in [2.45, 2.75) is 12.7 Å². The van der Waals surface area contributed by atoms with E-state index < -0.39 is 5.97 Å². The van der Waals surface area contributed by atoms with Crippen molar-refractivity contribution in [3.8, 4) is 0 Å². The molecule has 0 aliphatic heterocycles. The highest BCUT2D eigenvalue weighted by molar-refractivity contribution is 7.99. The highest BCUT2D eigenvalue weighted by Crippen LogP contribution is 2.36. The molecule has 134 valence electrons. The lowest BCUT2D eigenvalue weighted by molar-refractivity contribution is -0.113. The van der Waals surface area contributed by atoms with E-state index in [1.807, 2.05) is 54.6 Å². The fourth-order valence-corrected chi connectivity index (χ4v) is 4.43. The highest BCUT2D eigenvalue weighted by Gasteiger charge is 2.21. The molecule has 1 N–H and O–H groups in total. The van der Waals surface area contributed by atoms with Gasteiger partial charge in [-0.3, -0.25) is 4.79 Å². The van der Waals surface area contributed by atoms with Gasteiger partial charge in [-0.25, -0.2) is 4.79 Å². The Kier molecular flexibility index (Phi) is 6.30. The highest BCUT2D eigenvalue weighted by atomic mass is 32.2. The summed E-state index contributed by atoms with van der Waals surface area (Å²) in [6.07, 6.45) is 0. The van der Waals surface area contributed by atoms with Crippen LogP contribution in [0.15, 0.2) is 54.6 Å². The summed E-state index contributed by atoms with van der Waals surface area (Å²) in [5, 5.41) is 4.24. The van der Waals surface area contributed by atoms with Crippen LogP contribution in [0.25, 0.3) is 10.1 Å². The lowest BCUT2D eigenvalue weighted by Crippen LogP contribution is -2.16. The molecular formula is C20H19NO3S2. The van der Waals surface area contributed by atoms with Gasteiger partial charge in [0.15, 0.2) is 0 Å². The minimum absolute atomic E-state index is 0.122. The van der Waals surface area contributed by atoms with Crippen LogP contribution in [0.2, 0.25) is 0 Å². The maximum Gasteiger partial charge on any atom is 0.341 e. The zero-order valence-corrected chi connectivity index (χ0v) is 16.0. The number of hydrogen-bond donors (Lipinski definition) is 1. The number of thiophene rings is 1. The summed E-state index contributed by atoms with van der Waals surface area (Å²) in [7, 11) is 0. The average molecular weight is 386 g/mol. The predicted molar refractivity (Wildman–Crippen MR) is 109 cm³/mol. The Morgan fingerprint density at radius 1 is 1.08 bits per heavy atom. The van der Waals surface area contributed by atoms with Gasteiger partial charge in [0.25, 0.3) is 0 Å². The number of hydrogen-bond acceptors (Lipinski definition) is 5. The molecule has 6 heteroatoms. The molecule has 1 heterocycles. The molecule has 0 aliphatic rings. The van der Waals surface area contributed by atoms with Gasteiger partial charge in [0, 0.05) is 15.8 Å². The number of carbonyl (C=O) groups is 2. The van der Waals surface area contributed by atoms with Crippen molar-refractivity contribution in [3.05, 3.63) is 65.7 Å². The van der Waals surface area contributed by atoms with Gasteiger partial charge in [-0.15, -0.1) is 23.1 Å². The molecular weight excluding hydrogens is 366 g/mol. The van der Waals surface area contributed by atoms with Crippen molar-refractivity contribution < 1.29 is 14.3 Å². The van der Waals surface area contributed by atoms with Gasteiger partial charge in [-0.2, -0.15) is 0 Å². The number of carbonyl (C=O) groups excluding carboxylic acids is 2. The van der Waals surface area contributed by atoms with Crippen LogP contribution < -0.4 is 5.32 Å². The minimum atomic E-state index is -0.405. The monoisotopic (exact) mass is 385 g/mol. The molecule has 1 amide bonds. The number of nitrogens with one attached hydrogen (secondary N) is 1. The molecule has 3 rings (SSSR count). The van der Waals surface area contributed by atoms with Crippen molar-refractivity contribution in [1.29, 1.82) is 0 Å². The number of rotatable bonds is 7. The first-order chi connectivity index (χ1) is 12.7. The molecule has 0 fully saturated rings. The summed E-state index contributed by atoms with van der Waals surface area (Å²) in [4.78, 5) is 24.7. The van der Waals surface area contributed by atoms with E-state index in [1.165, 1.54) is 16.9 Å². The predicted octanol–water partition coefficient (Wildman–Crippen LogP) is 4.95. The summed E-state index contributed by atoms with van der Waals surface area (Å²) in [6, 6.07) is 17.6. The van der Waals surface area contributed by atoms with Crippen LogP contribution in [0.1, 0.15) is 22.8 Å². The Labute approximate surface area is 160 Å². The maximum absolute atomic E-state index is 12.3. The van der Waals surface area contributed by atoms with E-state index in [9.17, 15) is 9.59 Å². The number of amides is 1. The Balaban J connectivity index is 1.70. The quantitative estimate of drug-likeness (QED) is 0.585. The summed E-state index contributed by atoms with van der Waals surface area (Å²) < 4.78 is 6.11. The fraction of sp³-hybridized carbons (Fsp3) is 0.200. The number of anilines is 1. The smallest absolute Gasteiger partial charge is 0.341 e. The van der Waals surface area contributed by atoms with Crippen LogP contribution in [-0.4, -0.2) is 24.2 Å². The van der Waals surface area contributed by atoms with Gasteiger partial charge in [0.05, 0.1) is 12.4 Å². The van der Waals surface area contributed by atoms with Crippen LogP contribution in [-0.2, 0) is 15.3 Å². The number of benzene rings is 2. The molecule has 0 unspecified atom stereocenters. The van der Waals surface area contributed by atoms with Crippen molar-refractivity contribution in [2.24, 2.45) is 0 Å². The Morgan fingerprint density at radius 3 is 2.58 bits per heavy atom. The first kappa shape index (κ1) is 18.5. The van der Waals surface area contributed by atoms with Gasteiger partial charge in [-0.05, 0) is 18.6 Å². The van der Waals surface area contributed by atoms with Crippen LogP contribution in [0.5, 0.6) is 0 Å². The lowest BCUT2D eigenvalue weighted by atomic mass is 10.1. The topological polar surface area (TPSA) is 55.4 Å². The van der Waals surface area contributed by atoms with Crippen LogP contribution in [0.3, 0.4) is 0 Å². The zero-order chi connectivity index (χ0) is 18.4. The van der Waals surface area contributed by atoms with Crippen molar-refractivity contribution in [3.63, 3.8) is 0 Å². The van der Waals surface area contributed by atoms with Crippen molar-refractivity contribution in [1.82, 2.24) is 0 Å². The standard InChI is InChI=1S/C20H19NO3S2/c1-2-24-20(23)18-15-10-6-7-11-16(15)26-19(18)21-17(22)13-25-12-14-8-4-3-5-9-14/h3-11H,2,12-13H2,1H3,(H,21,22). The van der Waals surface area contributed by atoms with E-state index in [1.54, 1.807) is 18.7 Å². The fourth-order valence-electron chi connectivity index (χ4n) is 2.54. The van der Waals surface area contributed by atoms with Gasteiger partial charge in [0.1, 0.15) is 10.6 Å². The second-order valence-corrected chi connectivity index (χ2v) is 7.59. The molecule has 1 aromatic heterocycles. The lowest BCUT2D eigenvalue weighted by Gasteiger charge is -2.07. The normalized spacial score (nSPS) is 10.7. The molecule has 0 saturated heterocycles. The van der Waals surface area contributed by atoms with E-state index in [2.05, 4.69) is 5.32 Å². The molecule has 3 aromatic rings. The molecule has 0 radical (unpaired) electrons. The number of fused-ring (bicyclic) bond motifs is 1. The third kappa shape index (κ3) is 4.45. The molecule has 4 nitrogen and oxygen atoms in total. The van der Waals surface area contributed by atoms with Gasteiger partial charge < -0.3 is 10.1 Å². The van der Waals surface area contributed by atoms with Crippen LogP contribution in [0.4, 0.5) is 5.00 Å². The first-order valence-corrected chi connectivity index (χ1v) is 10.3. The third-order valence-electron chi connectivity index (χ3n) is 3.67. The van der Waals surface area contributed by atoms with E-state index in [4.69, 9.17) is 4.74 Å². The Hall–Kier alpha value is -2.31. The van der Waals surface area contributed by atoms with Gasteiger partial charge >= 0.3 is 5.97 Å². The Morgan fingerprint density at radius 2 is 1.81 bits per heavy atom. The second kappa shape index (κ2) is 8.87. The van der Waals surface area contributed by atoms with Gasteiger partial charge in [-0.1, -0.05) is 48.5 Å². The molecule has 2 aromatic carbocycles. The molecule has 0 atom stereocenters. The van der Waals surface area contributed by atoms with E-state index in [0.717, 1.165) is 15.8 Å². The molecule has 26 heavy (non-hydrogen) atoms. The summed E-state index contributed by atoms with van der Waals surface area (Å²) >= 11 is 2.94. The summed E-state index contributed by atoms with van der Waals surface area (Å²) in [5.74, 6) is 0.566.